The summed E-state index contributed by atoms with van der Waals surface area (Å²) in [6, 6.07) is 10.3. The second-order valence-corrected chi connectivity index (χ2v) is 4.89. The zero-order valence-corrected chi connectivity index (χ0v) is 11.2. The van der Waals surface area contributed by atoms with Crippen LogP contribution in [0.4, 0.5) is 0 Å². The molecule has 3 heteroatoms. The van der Waals surface area contributed by atoms with E-state index in [2.05, 4.69) is 12.1 Å². The first-order valence-electron chi connectivity index (χ1n) is 6.50. The van der Waals surface area contributed by atoms with Crippen LogP contribution in [0.3, 0.4) is 0 Å². The summed E-state index contributed by atoms with van der Waals surface area (Å²) in [6.45, 7) is 1.56. The molecular weight excluding hydrogens is 228 g/mol. The van der Waals surface area contributed by atoms with Crippen molar-refractivity contribution < 1.29 is 14.2 Å². The van der Waals surface area contributed by atoms with Crippen LogP contribution in [0.2, 0.25) is 0 Å². The number of hydrogen-bond donors (Lipinski definition) is 0. The van der Waals surface area contributed by atoms with E-state index < -0.39 is 0 Å². The molecule has 0 radical (unpaired) electrons. The molecule has 0 spiro atoms. The molecule has 1 aliphatic carbocycles. The molecule has 0 N–H and O–H groups in total. The largest absolute Gasteiger partial charge is 0.376 e. The van der Waals surface area contributed by atoms with Crippen LogP contribution < -0.4 is 0 Å². The highest BCUT2D eigenvalue weighted by Gasteiger charge is 2.38. The first-order chi connectivity index (χ1) is 8.83. The van der Waals surface area contributed by atoms with Crippen LogP contribution >= 0.6 is 0 Å². The van der Waals surface area contributed by atoms with E-state index in [0.29, 0.717) is 18.4 Å². The second kappa shape index (κ2) is 6.88. The molecule has 0 heterocycles. The molecule has 0 saturated heterocycles. The monoisotopic (exact) mass is 250 g/mol. The Morgan fingerprint density at radius 2 is 1.83 bits per heavy atom. The maximum Gasteiger partial charge on any atom is 0.157 e. The molecule has 0 aromatic heterocycles. The molecule has 1 fully saturated rings. The van der Waals surface area contributed by atoms with Crippen LogP contribution in [0.25, 0.3) is 0 Å². The Bertz CT molecular complexity index is 335. The fraction of sp³-hybridized carbons (Fsp3) is 0.600. The van der Waals surface area contributed by atoms with E-state index in [1.54, 1.807) is 14.2 Å². The molecule has 2 unspecified atom stereocenters. The molecule has 1 aliphatic rings. The first-order valence-corrected chi connectivity index (χ1v) is 6.50. The predicted octanol–water partition coefficient (Wildman–Crippen LogP) is 2.85. The highest BCUT2D eigenvalue weighted by atomic mass is 16.7. The summed E-state index contributed by atoms with van der Waals surface area (Å²) in [7, 11) is 3.38. The van der Waals surface area contributed by atoms with Gasteiger partial charge < -0.3 is 14.2 Å². The van der Waals surface area contributed by atoms with Crippen molar-refractivity contribution in [1.29, 1.82) is 0 Å². The van der Waals surface area contributed by atoms with Crippen molar-refractivity contribution >= 4 is 0 Å². The Labute approximate surface area is 109 Å². The molecule has 18 heavy (non-hydrogen) atoms. The van der Waals surface area contributed by atoms with Gasteiger partial charge in [-0.2, -0.15) is 0 Å². The zero-order valence-electron chi connectivity index (χ0n) is 11.2. The fourth-order valence-corrected chi connectivity index (χ4v) is 2.24. The van der Waals surface area contributed by atoms with Crippen LogP contribution in [-0.2, 0) is 20.8 Å². The maximum absolute atomic E-state index is 5.74. The normalized spacial score (nSPS) is 22.4. The van der Waals surface area contributed by atoms with Gasteiger partial charge in [0, 0.05) is 20.6 Å². The van der Waals surface area contributed by atoms with E-state index >= 15 is 0 Å². The van der Waals surface area contributed by atoms with E-state index in [0.717, 1.165) is 13.0 Å². The van der Waals surface area contributed by atoms with E-state index in [-0.39, 0.29) is 6.29 Å². The quantitative estimate of drug-likeness (QED) is 0.664. The Balaban J connectivity index is 1.59. The molecule has 1 aromatic rings. The summed E-state index contributed by atoms with van der Waals surface area (Å²) in [5.41, 5.74) is 1.24. The lowest BCUT2D eigenvalue weighted by Crippen LogP contribution is -2.14. The van der Waals surface area contributed by atoms with Crippen LogP contribution in [0, 0.1) is 11.8 Å². The molecule has 0 aliphatic heterocycles. The molecule has 3 nitrogen and oxygen atoms in total. The van der Waals surface area contributed by atoms with Crippen molar-refractivity contribution in [1.82, 2.24) is 0 Å². The fourth-order valence-electron chi connectivity index (χ4n) is 2.24. The topological polar surface area (TPSA) is 27.7 Å². The average molecular weight is 250 g/mol. The molecule has 2 rings (SSSR count). The molecule has 0 bridgehead atoms. The van der Waals surface area contributed by atoms with Gasteiger partial charge in [0.25, 0.3) is 0 Å². The van der Waals surface area contributed by atoms with Gasteiger partial charge in [-0.1, -0.05) is 30.3 Å². The zero-order chi connectivity index (χ0) is 12.8. The summed E-state index contributed by atoms with van der Waals surface area (Å²) in [5.74, 6) is 1.38. The minimum atomic E-state index is -0.0610. The lowest BCUT2D eigenvalue weighted by Gasteiger charge is -2.12. The highest BCUT2D eigenvalue weighted by molar-refractivity contribution is 5.13. The number of methoxy groups -OCH3 is 2. The van der Waals surface area contributed by atoms with E-state index in [1.165, 1.54) is 12.0 Å². The minimum absolute atomic E-state index is 0.0610. The van der Waals surface area contributed by atoms with E-state index in [4.69, 9.17) is 14.2 Å². The standard InChI is InChI=1S/C15H22O3/c1-16-15(17-2)9-13-8-14(13)11-18-10-12-6-4-3-5-7-12/h3-7,13-15H,8-11H2,1-2H3. The summed E-state index contributed by atoms with van der Waals surface area (Å²) >= 11 is 0. The third kappa shape index (κ3) is 4.09. The summed E-state index contributed by atoms with van der Waals surface area (Å²) in [6.07, 6.45) is 2.15. The number of rotatable bonds is 8. The van der Waals surface area contributed by atoms with Gasteiger partial charge in [-0.15, -0.1) is 0 Å². The third-order valence-corrected chi connectivity index (χ3v) is 3.53. The van der Waals surface area contributed by atoms with E-state index in [9.17, 15) is 0 Å². The lowest BCUT2D eigenvalue weighted by atomic mass is 10.2. The predicted molar refractivity (Wildman–Crippen MR) is 70.1 cm³/mol. The average Bonchev–Trinajstić information content (AvgIpc) is 3.15. The van der Waals surface area contributed by atoms with Gasteiger partial charge >= 0.3 is 0 Å². The summed E-state index contributed by atoms with van der Waals surface area (Å²) in [5, 5.41) is 0. The maximum atomic E-state index is 5.74. The Morgan fingerprint density at radius 1 is 1.11 bits per heavy atom. The van der Waals surface area contributed by atoms with Gasteiger partial charge in [0.1, 0.15) is 0 Å². The van der Waals surface area contributed by atoms with Gasteiger partial charge in [0.2, 0.25) is 0 Å². The smallest absolute Gasteiger partial charge is 0.157 e. The molecule has 1 saturated carbocycles. The van der Waals surface area contributed by atoms with Gasteiger partial charge in [0.05, 0.1) is 13.2 Å². The lowest BCUT2D eigenvalue weighted by molar-refractivity contribution is -0.110. The third-order valence-electron chi connectivity index (χ3n) is 3.53. The Kier molecular flexibility index (Phi) is 5.17. The Morgan fingerprint density at radius 3 is 2.50 bits per heavy atom. The van der Waals surface area contributed by atoms with Gasteiger partial charge in [0.15, 0.2) is 6.29 Å². The molecule has 2 atom stereocenters. The van der Waals surface area contributed by atoms with Gasteiger partial charge in [-0.05, 0) is 23.8 Å². The molecular formula is C15H22O3. The SMILES string of the molecule is COC(CC1CC1COCc1ccccc1)OC. The van der Waals surface area contributed by atoms with Crippen LogP contribution in [0.5, 0.6) is 0 Å². The van der Waals surface area contributed by atoms with Crippen molar-refractivity contribution in [2.45, 2.75) is 25.7 Å². The van der Waals surface area contributed by atoms with Crippen LogP contribution in [-0.4, -0.2) is 27.1 Å². The highest BCUT2D eigenvalue weighted by Crippen LogP contribution is 2.42. The number of hydrogen-bond acceptors (Lipinski definition) is 3. The van der Waals surface area contributed by atoms with E-state index in [1.807, 2.05) is 18.2 Å². The summed E-state index contributed by atoms with van der Waals surface area (Å²) < 4.78 is 16.2. The van der Waals surface area contributed by atoms with Crippen molar-refractivity contribution in [3.63, 3.8) is 0 Å². The summed E-state index contributed by atoms with van der Waals surface area (Å²) in [4.78, 5) is 0. The van der Waals surface area contributed by atoms with Gasteiger partial charge in [-0.25, -0.2) is 0 Å². The number of ether oxygens (including phenoxy) is 3. The van der Waals surface area contributed by atoms with Crippen molar-refractivity contribution in [2.24, 2.45) is 11.8 Å². The number of benzene rings is 1. The van der Waals surface area contributed by atoms with Crippen molar-refractivity contribution in [2.75, 3.05) is 20.8 Å². The van der Waals surface area contributed by atoms with Crippen LogP contribution in [0.15, 0.2) is 30.3 Å². The molecule has 1 aromatic carbocycles. The Hall–Kier alpha value is -0.900. The van der Waals surface area contributed by atoms with Crippen molar-refractivity contribution in [3.05, 3.63) is 35.9 Å². The second-order valence-electron chi connectivity index (χ2n) is 4.89. The minimum Gasteiger partial charge on any atom is -0.376 e. The van der Waals surface area contributed by atoms with Crippen LogP contribution in [0.1, 0.15) is 18.4 Å². The van der Waals surface area contributed by atoms with Crippen molar-refractivity contribution in [3.8, 4) is 0 Å². The molecule has 0 amide bonds. The molecule has 100 valence electrons. The van der Waals surface area contributed by atoms with Gasteiger partial charge in [-0.3, -0.25) is 0 Å². The first kappa shape index (κ1) is 13.5.